The van der Waals surface area contributed by atoms with Crippen LogP contribution in [-0.4, -0.2) is 74.9 Å². The van der Waals surface area contributed by atoms with Gasteiger partial charge in [0.1, 0.15) is 11.9 Å². The van der Waals surface area contributed by atoms with E-state index in [0.29, 0.717) is 18.7 Å². The number of hydrogen-bond donors (Lipinski definition) is 2. The molecule has 2 aliphatic rings. The van der Waals surface area contributed by atoms with E-state index in [4.69, 9.17) is 4.18 Å². The van der Waals surface area contributed by atoms with E-state index >= 15 is 0 Å². The number of hydrogen-bond acceptors (Lipinski definition) is 9. The van der Waals surface area contributed by atoms with Crippen molar-refractivity contribution in [2.24, 2.45) is 0 Å². The summed E-state index contributed by atoms with van der Waals surface area (Å²) in [5.74, 6) is -0.537. The van der Waals surface area contributed by atoms with Gasteiger partial charge in [-0.1, -0.05) is 17.7 Å². The lowest BCUT2D eigenvalue weighted by atomic mass is 9.92. The lowest BCUT2D eigenvalue weighted by Gasteiger charge is -2.34. The quantitative estimate of drug-likeness (QED) is 0.409. The third-order valence-corrected chi connectivity index (χ3v) is 9.00. The first-order chi connectivity index (χ1) is 17.9. The van der Waals surface area contributed by atoms with E-state index < -0.39 is 38.0 Å². The summed E-state index contributed by atoms with van der Waals surface area (Å²) in [6, 6.07) is 4.80. The molecule has 38 heavy (non-hydrogen) atoms. The highest BCUT2D eigenvalue weighted by molar-refractivity contribution is 7.89. The minimum Gasteiger partial charge on any atom is -0.353 e. The molecule has 206 valence electrons. The van der Waals surface area contributed by atoms with E-state index in [0.717, 1.165) is 33.8 Å². The standard InChI is InChI=1S/C24H31N5O7S2/c1-16-6-8-17(9-7-16)38(34,35)29-12-11-25-24(31)21(29)14-23(30)28-20-5-3-4-19-18(20)15-26-22(27-19)10-13-36-37(2,32)33/h6-9,15,20-21H,3-5,10-14H2,1-2H3,(H,25,31)(H,28,30)/t20?,21-/m1/s1. The molecule has 0 bridgehead atoms. The highest BCUT2D eigenvalue weighted by atomic mass is 32.2. The van der Waals surface area contributed by atoms with Crippen molar-refractivity contribution in [1.82, 2.24) is 24.9 Å². The van der Waals surface area contributed by atoms with E-state index in [1.165, 1.54) is 12.1 Å². The molecule has 1 aromatic heterocycles. The van der Waals surface area contributed by atoms with Crippen LogP contribution in [0.3, 0.4) is 0 Å². The van der Waals surface area contributed by atoms with Gasteiger partial charge in [-0.3, -0.25) is 13.8 Å². The summed E-state index contributed by atoms with van der Waals surface area (Å²) < 4.78 is 54.8. The molecule has 14 heteroatoms. The maximum Gasteiger partial charge on any atom is 0.264 e. The van der Waals surface area contributed by atoms with Crippen LogP contribution in [-0.2, 0) is 46.8 Å². The summed E-state index contributed by atoms with van der Waals surface area (Å²) in [6.45, 7) is 2.00. The highest BCUT2D eigenvalue weighted by Crippen LogP contribution is 2.29. The molecule has 4 rings (SSSR count). The SMILES string of the molecule is Cc1ccc(S(=O)(=O)N2CCNC(=O)[C@H]2CC(=O)NC2CCCc3nc(CCOS(C)(=O)=O)ncc32)cc1. The van der Waals surface area contributed by atoms with Gasteiger partial charge in [0.15, 0.2) is 0 Å². The maximum atomic E-state index is 13.3. The van der Waals surface area contributed by atoms with Crippen LogP contribution in [0.5, 0.6) is 0 Å². The number of nitrogens with zero attached hydrogens (tertiary/aromatic N) is 3. The molecule has 12 nitrogen and oxygen atoms in total. The van der Waals surface area contributed by atoms with Crippen LogP contribution >= 0.6 is 0 Å². The Balaban J connectivity index is 1.45. The third kappa shape index (κ3) is 6.73. The number of sulfonamides is 1. The molecule has 0 spiro atoms. The summed E-state index contributed by atoms with van der Waals surface area (Å²) in [4.78, 5) is 34.6. The average molecular weight is 566 g/mol. The zero-order chi connectivity index (χ0) is 27.5. The Morgan fingerprint density at radius 2 is 1.95 bits per heavy atom. The van der Waals surface area contributed by atoms with E-state index in [9.17, 15) is 26.4 Å². The first kappa shape index (κ1) is 28.1. The van der Waals surface area contributed by atoms with E-state index in [1.54, 1.807) is 18.3 Å². The molecule has 2 amide bonds. The number of amides is 2. The van der Waals surface area contributed by atoms with Crippen LogP contribution in [0.25, 0.3) is 0 Å². The zero-order valence-electron chi connectivity index (χ0n) is 21.2. The van der Waals surface area contributed by atoms with Gasteiger partial charge in [-0.2, -0.15) is 12.7 Å². The number of piperazine rings is 1. The Labute approximate surface area is 222 Å². The van der Waals surface area contributed by atoms with Gasteiger partial charge in [-0.05, 0) is 38.3 Å². The number of rotatable bonds is 9. The van der Waals surface area contributed by atoms with Crippen LogP contribution in [0.2, 0.25) is 0 Å². The van der Waals surface area contributed by atoms with Gasteiger partial charge in [-0.15, -0.1) is 0 Å². The predicted molar refractivity (Wildman–Crippen MR) is 137 cm³/mol. The van der Waals surface area contributed by atoms with Crippen molar-refractivity contribution in [2.75, 3.05) is 26.0 Å². The average Bonchev–Trinajstić information content (AvgIpc) is 2.85. The van der Waals surface area contributed by atoms with Crippen molar-refractivity contribution < 1.29 is 30.6 Å². The Hall–Kier alpha value is -2.94. The lowest BCUT2D eigenvalue weighted by molar-refractivity contribution is -0.132. The molecule has 0 radical (unpaired) electrons. The van der Waals surface area contributed by atoms with Crippen molar-refractivity contribution in [1.29, 1.82) is 0 Å². The van der Waals surface area contributed by atoms with Gasteiger partial charge >= 0.3 is 0 Å². The molecular formula is C24H31N5O7S2. The van der Waals surface area contributed by atoms with Crippen LogP contribution < -0.4 is 10.6 Å². The molecule has 2 N–H and O–H groups in total. The summed E-state index contributed by atoms with van der Waals surface area (Å²) in [6.07, 6.45) is 4.56. The number of benzene rings is 1. The zero-order valence-corrected chi connectivity index (χ0v) is 22.8. The molecule has 1 saturated heterocycles. The predicted octanol–water partition coefficient (Wildman–Crippen LogP) is 0.377. The number of aryl methyl sites for hydroxylation is 2. The van der Waals surface area contributed by atoms with Gasteiger partial charge in [0.05, 0.1) is 30.2 Å². The first-order valence-corrected chi connectivity index (χ1v) is 15.5. The van der Waals surface area contributed by atoms with Crippen molar-refractivity contribution in [3.8, 4) is 0 Å². The Bertz CT molecular complexity index is 1410. The Morgan fingerprint density at radius 1 is 1.21 bits per heavy atom. The van der Waals surface area contributed by atoms with Crippen molar-refractivity contribution in [3.63, 3.8) is 0 Å². The molecule has 1 aromatic carbocycles. The van der Waals surface area contributed by atoms with E-state index in [1.807, 2.05) is 6.92 Å². The van der Waals surface area contributed by atoms with Crippen LogP contribution in [0, 0.1) is 6.92 Å². The topological polar surface area (TPSA) is 165 Å². The van der Waals surface area contributed by atoms with Crippen molar-refractivity contribution in [2.45, 2.75) is 56.0 Å². The molecule has 2 heterocycles. The first-order valence-electron chi connectivity index (χ1n) is 12.3. The molecule has 1 aliphatic carbocycles. The number of fused-ring (bicyclic) bond motifs is 1. The minimum absolute atomic E-state index is 0.0613. The summed E-state index contributed by atoms with van der Waals surface area (Å²) in [7, 11) is -7.54. The van der Waals surface area contributed by atoms with Crippen molar-refractivity contribution in [3.05, 3.63) is 53.1 Å². The Morgan fingerprint density at radius 3 is 2.66 bits per heavy atom. The molecule has 1 aliphatic heterocycles. The van der Waals surface area contributed by atoms with Gasteiger partial charge in [-0.25, -0.2) is 18.4 Å². The second-order valence-corrected chi connectivity index (χ2v) is 13.0. The fraction of sp³-hybridized carbons (Fsp3) is 0.500. The second-order valence-electron chi connectivity index (χ2n) is 9.42. The molecule has 0 saturated carbocycles. The molecule has 2 aromatic rings. The van der Waals surface area contributed by atoms with E-state index in [2.05, 4.69) is 20.6 Å². The number of nitrogens with one attached hydrogen (secondary N) is 2. The fourth-order valence-electron chi connectivity index (χ4n) is 4.59. The highest BCUT2D eigenvalue weighted by Gasteiger charge is 2.40. The number of carbonyl (C=O) groups excluding carboxylic acids is 2. The normalized spacial score (nSPS) is 20.4. The van der Waals surface area contributed by atoms with Gasteiger partial charge < -0.3 is 10.6 Å². The number of carbonyl (C=O) groups is 2. The van der Waals surface area contributed by atoms with Gasteiger partial charge in [0.25, 0.3) is 10.1 Å². The Kier molecular flexibility index (Phi) is 8.45. The van der Waals surface area contributed by atoms with Crippen LogP contribution in [0.4, 0.5) is 0 Å². The van der Waals surface area contributed by atoms with Crippen molar-refractivity contribution >= 4 is 32.0 Å². The smallest absolute Gasteiger partial charge is 0.264 e. The second kappa shape index (κ2) is 11.4. The third-order valence-electron chi connectivity index (χ3n) is 6.48. The van der Waals surface area contributed by atoms with Crippen LogP contribution in [0.15, 0.2) is 35.4 Å². The largest absolute Gasteiger partial charge is 0.353 e. The molecular weight excluding hydrogens is 534 g/mol. The maximum absolute atomic E-state index is 13.3. The summed E-state index contributed by atoms with van der Waals surface area (Å²) in [5, 5.41) is 5.58. The van der Waals surface area contributed by atoms with Crippen LogP contribution in [0.1, 0.15) is 47.9 Å². The molecule has 1 fully saturated rings. The monoisotopic (exact) mass is 565 g/mol. The molecule has 2 atom stereocenters. The van der Waals surface area contributed by atoms with Gasteiger partial charge in [0, 0.05) is 37.0 Å². The minimum atomic E-state index is -3.99. The summed E-state index contributed by atoms with van der Waals surface area (Å²) in [5.41, 5.74) is 2.40. The van der Waals surface area contributed by atoms with E-state index in [-0.39, 0.29) is 43.5 Å². The number of aromatic nitrogens is 2. The fourth-order valence-corrected chi connectivity index (χ4v) is 6.57. The van der Waals surface area contributed by atoms with Gasteiger partial charge in [0.2, 0.25) is 21.8 Å². The summed E-state index contributed by atoms with van der Waals surface area (Å²) >= 11 is 0. The lowest BCUT2D eigenvalue weighted by Crippen LogP contribution is -2.58. The molecule has 1 unspecified atom stereocenters.